The quantitative estimate of drug-likeness (QED) is 0.798. The summed E-state index contributed by atoms with van der Waals surface area (Å²) in [5, 5.41) is 3.16. The van der Waals surface area contributed by atoms with Crippen molar-refractivity contribution in [3.8, 4) is 0 Å². The zero-order valence-electron chi connectivity index (χ0n) is 9.63. The number of nitrogens with one attached hydrogen (secondary N) is 1. The molecule has 0 saturated carbocycles. The molecule has 0 saturated heterocycles. The molecule has 0 aliphatic carbocycles. The number of hydrogen-bond donors (Lipinski definition) is 1. The van der Waals surface area contributed by atoms with E-state index in [-0.39, 0.29) is 5.82 Å². The Balaban J connectivity index is 2.51. The predicted octanol–water partition coefficient (Wildman–Crippen LogP) is 1.87. The third-order valence-corrected chi connectivity index (χ3v) is 2.48. The van der Waals surface area contributed by atoms with Crippen molar-refractivity contribution in [2.24, 2.45) is 0 Å². The first kappa shape index (κ1) is 12.1. The Bertz CT molecular complexity index is 301. The smallest absolute Gasteiger partial charge is 0.127 e. The average Bonchev–Trinajstić information content (AvgIpc) is 2.21. The second kappa shape index (κ2) is 5.83. The van der Waals surface area contributed by atoms with Crippen molar-refractivity contribution in [1.82, 2.24) is 10.2 Å². The summed E-state index contributed by atoms with van der Waals surface area (Å²) < 4.78 is 13.3. The largest absolute Gasteiger partial charge is 0.316 e. The van der Waals surface area contributed by atoms with E-state index < -0.39 is 0 Å². The van der Waals surface area contributed by atoms with E-state index >= 15 is 0 Å². The van der Waals surface area contributed by atoms with E-state index in [0.29, 0.717) is 12.6 Å². The Hall–Kier alpha value is -0.930. The van der Waals surface area contributed by atoms with E-state index in [2.05, 4.69) is 17.1 Å². The highest BCUT2D eigenvalue weighted by molar-refractivity contribution is 5.16. The van der Waals surface area contributed by atoms with E-state index in [1.165, 1.54) is 6.07 Å². The van der Waals surface area contributed by atoms with Crippen LogP contribution in [0.25, 0.3) is 0 Å². The highest BCUT2D eigenvalue weighted by Gasteiger charge is 2.07. The second-order valence-corrected chi connectivity index (χ2v) is 3.98. The molecular weight excluding hydrogens is 191 g/mol. The van der Waals surface area contributed by atoms with Gasteiger partial charge in [-0.2, -0.15) is 0 Å². The first-order valence-corrected chi connectivity index (χ1v) is 5.22. The average molecular weight is 210 g/mol. The molecule has 0 fully saturated rings. The van der Waals surface area contributed by atoms with Crippen molar-refractivity contribution in [3.05, 3.63) is 35.6 Å². The van der Waals surface area contributed by atoms with Crippen LogP contribution in [0.15, 0.2) is 24.3 Å². The predicted molar refractivity (Wildman–Crippen MR) is 61.3 cm³/mol. The van der Waals surface area contributed by atoms with Crippen molar-refractivity contribution in [2.75, 3.05) is 20.6 Å². The van der Waals surface area contributed by atoms with E-state index in [1.54, 1.807) is 6.07 Å². The van der Waals surface area contributed by atoms with Gasteiger partial charge in [0.05, 0.1) is 0 Å². The molecule has 0 radical (unpaired) electrons. The summed E-state index contributed by atoms with van der Waals surface area (Å²) in [5.74, 6) is -0.124. The van der Waals surface area contributed by atoms with Gasteiger partial charge in [-0.1, -0.05) is 18.2 Å². The molecule has 1 aromatic rings. The van der Waals surface area contributed by atoms with Crippen molar-refractivity contribution in [3.63, 3.8) is 0 Å². The molecule has 0 spiro atoms. The first-order chi connectivity index (χ1) is 7.13. The molecule has 0 aliphatic rings. The van der Waals surface area contributed by atoms with Crippen LogP contribution in [-0.2, 0) is 6.54 Å². The van der Waals surface area contributed by atoms with E-state index in [4.69, 9.17) is 0 Å². The van der Waals surface area contributed by atoms with Gasteiger partial charge >= 0.3 is 0 Å². The Morgan fingerprint density at radius 1 is 1.40 bits per heavy atom. The summed E-state index contributed by atoms with van der Waals surface area (Å²) >= 11 is 0. The van der Waals surface area contributed by atoms with Gasteiger partial charge in [-0.3, -0.25) is 0 Å². The lowest BCUT2D eigenvalue weighted by Gasteiger charge is -2.21. The summed E-state index contributed by atoms with van der Waals surface area (Å²) in [4.78, 5) is 2.11. The lowest BCUT2D eigenvalue weighted by atomic mass is 10.2. The molecule has 2 nitrogen and oxygen atoms in total. The van der Waals surface area contributed by atoms with Gasteiger partial charge in [0.1, 0.15) is 5.82 Å². The molecule has 0 aliphatic heterocycles. The zero-order valence-corrected chi connectivity index (χ0v) is 9.63. The van der Waals surface area contributed by atoms with Crippen LogP contribution in [0.5, 0.6) is 0 Å². The number of benzene rings is 1. The van der Waals surface area contributed by atoms with E-state index in [0.717, 1.165) is 12.1 Å². The van der Waals surface area contributed by atoms with Crippen molar-refractivity contribution < 1.29 is 4.39 Å². The molecule has 1 rings (SSSR count). The molecule has 3 heteroatoms. The minimum absolute atomic E-state index is 0.124. The highest BCUT2D eigenvalue weighted by Crippen LogP contribution is 2.08. The number of rotatable bonds is 5. The molecule has 0 amide bonds. The molecule has 1 N–H and O–H groups in total. The van der Waals surface area contributed by atoms with Crippen LogP contribution in [0.3, 0.4) is 0 Å². The molecule has 84 valence electrons. The van der Waals surface area contributed by atoms with Crippen LogP contribution in [0.4, 0.5) is 4.39 Å². The van der Waals surface area contributed by atoms with Gasteiger partial charge in [0.25, 0.3) is 0 Å². The van der Waals surface area contributed by atoms with Gasteiger partial charge in [-0.25, -0.2) is 4.39 Å². The van der Waals surface area contributed by atoms with Gasteiger partial charge in [-0.15, -0.1) is 0 Å². The Morgan fingerprint density at radius 2 is 2.07 bits per heavy atom. The number of likely N-dealkylation sites (N-methyl/N-ethyl adjacent to an activating group) is 2. The second-order valence-electron chi connectivity index (χ2n) is 3.98. The van der Waals surface area contributed by atoms with Crippen LogP contribution in [0.2, 0.25) is 0 Å². The van der Waals surface area contributed by atoms with Crippen LogP contribution in [-0.4, -0.2) is 31.6 Å². The molecular formula is C12H19FN2. The van der Waals surface area contributed by atoms with Crippen molar-refractivity contribution in [1.29, 1.82) is 0 Å². The molecule has 0 aromatic heterocycles. The number of nitrogens with zero attached hydrogens (tertiary/aromatic N) is 1. The lowest BCUT2D eigenvalue weighted by molar-refractivity contribution is 0.291. The van der Waals surface area contributed by atoms with Gasteiger partial charge in [-0.05, 0) is 27.1 Å². The van der Waals surface area contributed by atoms with E-state index in [9.17, 15) is 4.39 Å². The third-order valence-electron chi connectivity index (χ3n) is 2.48. The standard InChI is InChI=1S/C12H19FN2/c1-10(14-2)8-15(3)9-11-6-4-5-7-12(11)13/h4-7,10,14H,8-9H2,1-3H3. The van der Waals surface area contributed by atoms with Crippen LogP contribution in [0, 0.1) is 5.82 Å². The molecule has 1 aromatic carbocycles. The SMILES string of the molecule is CNC(C)CN(C)Cc1ccccc1F. The maximum atomic E-state index is 13.3. The fourth-order valence-electron chi connectivity index (χ4n) is 1.54. The first-order valence-electron chi connectivity index (χ1n) is 5.22. The fraction of sp³-hybridized carbons (Fsp3) is 0.500. The summed E-state index contributed by atoms with van der Waals surface area (Å²) in [6, 6.07) is 7.34. The molecule has 0 heterocycles. The number of halogens is 1. The van der Waals surface area contributed by atoms with Gasteiger partial charge in [0.15, 0.2) is 0 Å². The Morgan fingerprint density at radius 3 is 2.67 bits per heavy atom. The van der Waals surface area contributed by atoms with Crippen LogP contribution < -0.4 is 5.32 Å². The summed E-state index contributed by atoms with van der Waals surface area (Å²) in [6.45, 7) is 3.67. The van der Waals surface area contributed by atoms with Crippen molar-refractivity contribution >= 4 is 0 Å². The maximum absolute atomic E-state index is 13.3. The van der Waals surface area contributed by atoms with Crippen molar-refractivity contribution in [2.45, 2.75) is 19.5 Å². The molecule has 1 unspecified atom stereocenters. The van der Waals surface area contributed by atoms with Gasteiger partial charge < -0.3 is 10.2 Å². The molecule has 0 bridgehead atoms. The topological polar surface area (TPSA) is 15.3 Å². The Labute approximate surface area is 91.1 Å². The monoisotopic (exact) mass is 210 g/mol. The summed E-state index contributed by atoms with van der Waals surface area (Å²) in [5.41, 5.74) is 0.753. The molecule has 15 heavy (non-hydrogen) atoms. The van der Waals surface area contributed by atoms with Crippen LogP contribution >= 0.6 is 0 Å². The van der Waals surface area contributed by atoms with Crippen LogP contribution in [0.1, 0.15) is 12.5 Å². The summed E-state index contributed by atoms with van der Waals surface area (Å²) in [6.07, 6.45) is 0. The summed E-state index contributed by atoms with van der Waals surface area (Å²) in [7, 11) is 3.93. The minimum atomic E-state index is -0.124. The lowest BCUT2D eigenvalue weighted by Crippen LogP contribution is -2.35. The molecule has 1 atom stereocenters. The van der Waals surface area contributed by atoms with Gasteiger partial charge in [0, 0.05) is 24.7 Å². The van der Waals surface area contributed by atoms with Gasteiger partial charge in [0.2, 0.25) is 0 Å². The minimum Gasteiger partial charge on any atom is -0.316 e. The van der Waals surface area contributed by atoms with E-state index in [1.807, 2.05) is 26.2 Å². The zero-order chi connectivity index (χ0) is 11.3. The maximum Gasteiger partial charge on any atom is 0.127 e. The Kier molecular flexibility index (Phi) is 4.72. The number of hydrogen-bond acceptors (Lipinski definition) is 2. The third kappa shape index (κ3) is 3.98. The fourth-order valence-corrected chi connectivity index (χ4v) is 1.54. The normalized spacial score (nSPS) is 13.1. The highest BCUT2D eigenvalue weighted by atomic mass is 19.1.